The predicted octanol–water partition coefficient (Wildman–Crippen LogP) is 1.03. The number of amides is 1. The standard InChI is InChI=1S/C11H23N3O.2ClH/c1-14(2)10(9-5-6-9)8-13-11(15)4-3-7-12;;/h9-10H,3-8,12H2,1-2H3,(H,13,15);2*1H. The first-order valence-corrected chi connectivity index (χ1v) is 5.78. The van der Waals surface area contributed by atoms with E-state index in [1.54, 1.807) is 0 Å². The summed E-state index contributed by atoms with van der Waals surface area (Å²) in [6.07, 6.45) is 3.95. The van der Waals surface area contributed by atoms with Crippen molar-refractivity contribution in [3.05, 3.63) is 0 Å². The minimum Gasteiger partial charge on any atom is -0.355 e. The highest BCUT2D eigenvalue weighted by atomic mass is 35.5. The van der Waals surface area contributed by atoms with E-state index in [1.807, 2.05) is 0 Å². The SMILES string of the molecule is CN(C)C(CNC(=O)CCCN)C1CC1.Cl.Cl. The molecule has 0 saturated heterocycles. The maximum atomic E-state index is 11.4. The second kappa shape index (κ2) is 9.95. The van der Waals surface area contributed by atoms with Crippen molar-refractivity contribution in [1.29, 1.82) is 0 Å². The first-order valence-electron chi connectivity index (χ1n) is 5.78. The van der Waals surface area contributed by atoms with Gasteiger partial charge in [0.15, 0.2) is 0 Å². The molecule has 0 spiro atoms. The summed E-state index contributed by atoms with van der Waals surface area (Å²) in [6.45, 7) is 1.37. The van der Waals surface area contributed by atoms with Gasteiger partial charge in [-0.2, -0.15) is 0 Å². The highest BCUT2D eigenvalue weighted by molar-refractivity contribution is 5.85. The van der Waals surface area contributed by atoms with Crippen LogP contribution in [0.5, 0.6) is 0 Å². The Morgan fingerprint density at radius 1 is 1.41 bits per heavy atom. The molecule has 1 fully saturated rings. The fraction of sp³-hybridized carbons (Fsp3) is 0.909. The number of nitrogens with zero attached hydrogens (tertiary/aromatic N) is 1. The number of likely N-dealkylation sites (N-methyl/N-ethyl adjacent to an activating group) is 1. The van der Waals surface area contributed by atoms with Crippen LogP contribution in [0.4, 0.5) is 0 Å². The molecule has 0 aromatic rings. The van der Waals surface area contributed by atoms with Crippen molar-refractivity contribution >= 4 is 30.7 Å². The van der Waals surface area contributed by atoms with Crippen molar-refractivity contribution in [3.8, 4) is 0 Å². The lowest BCUT2D eigenvalue weighted by atomic mass is 10.1. The Morgan fingerprint density at radius 2 is 2.00 bits per heavy atom. The molecule has 1 amide bonds. The fourth-order valence-electron chi connectivity index (χ4n) is 1.82. The van der Waals surface area contributed by atoms with E-state index in [9.17, 15) is 4.79 Å². The zero-order valence-electron chi connectivity index (χ0n) is 10.6. The molecule has 1 unspecified atom stereocenters. The third kappa shape index (κ3) is 7.82. The van der Waals surface area contributed by atoms with Gasteiger partial charge in [-0.3, -0.25) is 4.79 Å². The number of halogens is 2. The molecule has 4 nitrogen and oxygen atoms in total. The van der Waals surface area contributed by atoms with Crippen LogP contribution in [0.15, 0.2) is 0 Å². The van der Waals surface area contributed by atoms with Gasteiger partial charge in [-0.05, 0) is 45.8 Å². The van der Waals surface area contributed by atoms with E-state index < -0.39 is 0 Å². The molecule has 1 aliphatic rings. The van der Waals surface area contributed by atoms with E-state index in [0.29, 0.717) is 19.0 Å². The highest BCUT2D eigenvalue weighted by Crippen LogP contribution is 2.34. The normalized spacial score (nSPS) is 15.8. The summed E-state index contributed by atoms with van der Waals surface area (Å²) in [6, 6.07) is 0.506. The van der Waals surface area contributed by atoms with Crippen molar-refractivity contribution < 1.29 is 4.79 Å². The lowest BCUT2D eigenvalue weighted by molar-refractivity contribution is -0.121. The van der Waals surface area contributed by atoms with Crippen LogP contribution >= 0.6 is 24.8 Å². The summed E-state index contributed by atoms with van der Waals surface area (Å²) in [4.78, 5) is 13.6. The Bertz CT molecular complexity index is 209. The molecular weight excluding hydrogens is 261 g/mol. The monoisotopic (exact) mass is 285 g/mol. The average Bonchev–Trinajstić information content (AvgIpc) is 2.98. The first kappa shape index (κ1) is 19.3. The Morgan fingerprint density at radius 3 is 2.41 bits per heavy atom. The second-order valence-electron chi connectivity index (χ2n) is 4.56. The van der Waals surface area contributed by atoms with Crippen LogP contribution in [0.2, 0.25) is 0 Å². The van der Waals surface area contributed by atoms with Gasteiger partial charge < -0.3 is 16.0 Å². The van der Waals surface area contributed by atoms with Gasteiger partial charge in [0.25, 0.3) is 0 Å². The largest absolute Gasteiger partial charge is 0.355 e. The van der Waals surface area contributed by atoms with E-state index in [1.165, 1.54) is 12.8 Å². The second-order valence-corrected chi connectivity index (χ2v) is 4.56. The Balaban J connectivity index is 0. The van der Waals surface area contributed by atoms with E-state index in [0.717, 1.165) is 18.9 Å². The molecule has 0 radical (unpaired) electrons. The summed E-state index contributed by atoms with van der Waals surface area (Å²) in [7, 11) is 4.16. The number of hydrogen-bond acceptors (Lipinski definition) is 3. The molecule has 0 aromatic carbocycles. The molecular formula is C11H25Cl2N3O. The maximum Gasteiger partial charge on any atom is 0.220 e. The minimum atomic E-state index is 0. The molecule has 17 heavy (non-hydrogen) atoms. The molecule has 1 atom stereocenters. The first-order chi connectivity index (χ1) is 7.15. The molecule has 1 rings (SSSR count). The predicted molar refractivity (Wildman–Crippen MR) is 76.0 cm³/mol. The van der Waals surface area contributed by atoms with Crippen molar-refractivity contribution in [2.75, 3.05) is 27.2 Å². The van der Waals surface area contributed by atoms with E-state index in [2.05, 4.69) is 24.3 Å². The highest BCUT2D eigenvalue weighted by Gasteiger charge is 2.32. The van der Waals surface area contributed by atoms with Gasteiger partial charge in [0, 0.05) is 19.0 Å². The Hall–Kier alpha value is -0.0300. The number of carbonyl (C=O) groups excluding carboxylic acids is 1. The minimum absolute atomic E-state index is 0. The average molecular weight is 286 g/mol. The van der Waals surface area contributed by atoms with Gasteiger partial charge in [0.2, 0.25) is 5.91 Å². The van der Waals surface area contributed by atoms with Crippen molar-refractivity contribution in [2.24, 2.45) is 11.7 Å². The van der Waals surface area contributed by atoms with Crippen molar-refractivity contribution in [2.45, 2.75) is 31.7 Å². The fourth-order valence-corrected chi connectivity index (χ4v) is 1.82. The molecule has 104 valence electrons. The maximum absolute atomic E-state index is 11.4. The van der Waals surface area contributed by atoms with Crippen LogP contribution in [0.25, 0.3) is 0 Å². The Labute approximate surface area is 117 Å². The number of carbonyl (C=O) groups is 1. The molecule has 6 heteroatoms. The molecule has 1 saturated carbocycles. The Kier molecular flexibility index (Phi) is 11.3. The summed E-state index contributed by atoms with van der Waals surface area (Å²) >= 11 is 0. The van der Waals surface area contributed by atoms with Gasteiger partial charge in [0.1, 0.15) is 0 Å². The number of rotatable bonds is 7. The molecule has 0 aromatic heterocycles. The lowest BCUT2D eigenvalue weighted by Gasteiger charge is -2.24. The smallest absolute Gasteiger partial charge is 0.220 e. The zero-order valence-corrected chi connectivity index (χ0v) is 12.3. The summed E-state index contributed by atoms with van der Waals surface area (Å²) in [5, 5.41) is 2.98. The van der Waals surface area contributed by atoms with Crippen LogP contribution in [0, 0.1) is 5.92 Å². The quantitative estimate of drug-likeness (QED) is 0.735. The van der Waals surface area contributed by atoms with Gasteiger partial charge in [-0.15, -0.1) is 24.8 Å². The summed E-state index contributed by atoms with van der Waals surface area (Å²) < 4.78 is 0. The van der Waals surface area contributed by atoms with E-state index in [4.69, 9.17) is 5.73 Å². The number of hydrogen-bond donors (Lipinski definition) is 2. The van der Waals surface area contributed by atoms with Gasteiger partial charge in [-0.1, -0.05) is 0 Å². The van der Waals surface area contributed by atoms with E-state index in [-0.39, 0.29) is 30.7 Å². The van der Waals surface area contributed by atoms with Gasteiger partial charge in [0.05, 0.1) is 0 Å². The zero-order chi connectivity index (χ0) is 11.3. The van der Waals surface area contributed by atoms with Crippen LogP contribution in [0.1, 0.15) is 25.7 Å². The number of nitrogens with one attached hydrogen (secondary N) is 1. The molecule has 0 heterocycles. The molecule has 0 aliphatic heterocycles. The van der Waals surface area contributed by atoms with E-state index >= 15 is 0 Å². The van der Waals surface area contributed by atoms with Crippen molar-refractivity contribution in [3.63, 3.8) is 0 Å². The number of nitrogens with two attached hydrogens (primary N) is 1. The van der Waals surface area contributed by atoms with Crippen LogP contribution in [-0.2, 0) is 4.79 Å². The van der Waals surface area contributed by atoms with Gasteiger partial charge in [-0.25, -0.2) is 0 Å². The third-order valence-electron chi connectivity index (χ3n) is 2.95. The third-order valence-corrected chi connectivity index (χ3v) is 2.95. The van der Waals surface area contributed by atoms with Crippen LogP contribution in [-0.4, -0.2) is 44.0 Å². The van der Waals surface area contributed by atoms with Crippen LogP contribution < -0.4 is 11.1 Å². The molecule has 0 bridgehead atoms. The topological polar surface area (TPSA) is 58.4 Å². The summed E-state index contributed by atoms with van der Waals surface area (Å²) in [5.74, 6) is 0.919. The van der Waals surface area contributed by atoms with Crippen molar-refractivity contribution in [1.82, 2.24) is 10.2 Å². The lowest BCUT2D eigenvalue weighted by Crippen LogP contribution is -2.41. The van der Waals surface area contributed by atoms with Gasteiger partial charge >= 0.3 is 0 Å². The van der Waals surface area contributed by atoms with Crippen LogP contribution in [0.3, 0.4) is 0 Å². The molecule has 3 N–H and O–H groups in total. The summed E-state index contributed by atoms with van der Waals surface area (Å²) in [5.41, 5.74) is 5.35. The molecule has 1 aliphatic carbocycles.